The quantitative estimate of drug-likeness (QED) is 0.567. The molecule has 128 valence electrons. The van der Waals surface area contributed by atoms with Crippen molar-refractivity contribution >= 4 is 11.9 Å². The summed E-state index contributed by atoms with van der Waals surface area (Å²) in [5.41, 5.74) is -1.66. The van der Waals surface area contributed by atoms with E-state index in [1.54, 1.807) is 0 Å². The molecule has 0 aromatic heterocycles. The molecular weight excluding hydrogens is 292 g/mol. The summed E-state index contributed by atoms with van der Waals surface area (Å²) in [4.78, 5) is 25.7. The van der Waals surface area contributed by atoms with Crippen LogP contribution < -0.4 is 0 Å². The van der Waals surface area contributed by atoms with Gasteiger partial charge in [0.25, 0.3) is 6.29 Å². The average molecular weight is 320 g/mol. The van der Waals surface area contributed by atoms with Gasteiger partial charge in [-0.1, -0.05) is 52.0 Å². The summed E-state index contributed by atoms with van der Waals surface area (Å²) in [5, 5.41) is 0. The minimum atomic E-state index is -1.16. The van der Waals surface area contributed by atoms with Crippen molar-refractivity contribution in [3.63, 3.8) is 0 Å². The van der Waals surface area contributed by atoms with Gasteiger partial charge in [-0.05, 0) is 38.0 Å². The van der Waals surface area contributed by atoms with Crippen LogP contribution in [0.5, 0.6) is 0 Å². The van der Waals surface area contributed by atoms with Crippen LogP contribution in [0.1, 0.15) is 53.9 Å². The van der Waals surface area contributed by atoms with Crippen LogP contribution >= 0.6 is 0 Å². The molecule has 4 nitrogen and oxygen atoms in total. The zero-order valence-electron chi connectivity index (χ0n) is 14.8. The lowest BCUT2D eigenvalue weighted by Crippen LogP contribution is -2.55. The molecule has 0 N–H and O–H groups in total. The number of esters is 2. The zero-order chi connectivity index (χ0) is 17.3. The van der Waals surface area contributed by atoms with Crippen LogP contribution in [0.4, 0.5) is 0 Å². The van der Waals surface area contributed by atoms with Crippen molar-refractivity contribution in [1.82, 2.24) is 0 Å². The number of rotatable bonds is 5. The third-order valence-corrected chi connectivity index (χ3v) is 4.54. The monoisotopic (exact) mass is 320 g/mol. The van der Waals surface area contributed by atoms with Crippen LogP contribution in [-0.4, -0.2) is 18.2 Å². The van der Waals surface area contributed by atoms with Gasteiger partial charge in [-0.3, -0.25) is 9.59 Å². The highest BCUT2D eigenvalue weighted by atomic mass is 16.7. The molecule has 4 heteroatoms. The fourth-order valence-corrected chi connectivity index (χ4v) is 3.53. The molecule has 23 heavy (non-hydrogen) atoms. The number of carbonyl (C=O) groups is 2. The molecule has 2 aliphatic rings. The molecule has 0 aromatic rings. The van der Waals surface area contributed by atoms with Crippen molar-refractivity contribution < 1.29 is 19.1 Å². The second kappa shape index (κ2) is 6.50. The summed E-state index contributed by atoms with van der Waals surface area (Å²) in [6.45, 7) is 9.96. The number of hydrogen-bond donors (Lipinski definition) is 0. The fourth-order valence-electron chi connectivity index (χ4n) is 3.53. The molecule has 1 unspecified atom stereocenters. The first-order valence-corrected chi connectivity index (χ1v) is 8.46. The summed E-state index contributed by atoms with van der Waals surface area (Å²) >= 11 is 0. The summed E-state index contributed by atoms with van der Waals surface area (Å²) in [7, 11) is 0. The van der Waals surface area contributed by atoms with Crippen LogP contribution in [0.3, 0.4) is 0 Å². The van der Waals surface area contributed by atoms with Crippen LogP contribution in [0.2, 0.25) is 0 Å². The predicted octanol–water partition coefficient (Wildman–Crippen LogP) is 4.01. The number of hydrogen-bond acceptors (Lipinski definition) is 4. The lowest BCUT2D eigenvalue weighted by atomic mass is 9.73. The Morgan fingerprint density at radius 1 is 1.04 bits per heavy atom. The maximum Gasteiger partial charge on any atom is 0.326 e. The highest BCUT2D eigenvalue weighted by Gasteiger charge is 2.56. The number of cyclic esters (lactones) is 2. The molecule has 1 aliphatic heterocycles. The molecule has 2 rings (SSSR count). The molecule has 1 fully saturated rings. The first-order chi connectivity index (χ1) is 10.7. The zero-order valence-corrected chi connectivity index (χ0v) is 14.8. The van der Waals surface area contributed by atoms with Crippen molar-refractivity contribution in [3.05, 3.63) is 24.3 Å². The van der Waals surface area contributed by atoms with Gasteiger partial charge in [-0.2, -0.15) is 0 Å². The van der Waals surface area contributed by atoms with Crippen molar-refractivity contribution in [2.45, 2.75) is 60.2 Å². The van der Waals surface area contributed by atoms with Crippen LogP contribution in [0.25, 0.3) is 0 Å². The molecule has 0 saturated carbocycles. The number of ether oxygens (including phenoxy) is 2. The average Bonchev–Trinajstić information content (AvgIpc) is 2.43. The molecular formula is C19H28O4. The van der Waals surface area contributed by atoms with E-state index < -0.39 is 29.1 Å². The molecule has 1 heterocycles. The molecule has 0 radical (unpaired) electrons. The standard InChI is InChI=1S/C19H28O4/c1-13(2)11-19(12-14(3)4)15(20)22-17(23-16(19)21)18(5)9-7-6-8-10-18/h6-9,13-14,17H,10-12H2,1-5H3. The smallest absolute Gasteiger partial charge is 0.326 e. The Labute approximate surface area is 138 Å². The molecule has 0 bridgehead atoms. The van der Waals surface area contributed by atoms with Crippen molar-refractivity contribution in [3.8, 4) is 0 Å². The Kier molecular flexibility index (Phi) is 5.02. The first kappa shape index (κ1) is 17.8. The van der Waals surface area contributed by atoms with Crippen LogP contribution in [0, 0.1) is 22.7 Å². The minimum absolute atomic E-state index is 0.207. The predicted molar refractivity (Wildman–Crippen MR) is 88.3 cm³/mol. The SMILES string of the molecule is CC(C)CC1(CC(C)C)C(=O)OC(C2(C)C=CC=CC2)OC1=O. The van der Waals surface area contributed by atoms with Crippen molar-refractivity contribution in [1.29, 1.82) is 0 Å². The molecule has 0 aromatic carbocycles. The molecule has 1 atom stereocenters. The van der Waals surface area contributed by atoms with E-state index in [2.05, 4.69) is 0 Å². The van der Waals surface area contributed by atoms with Gasteiger partial charge < -0.3 is 9.47 Å². The third kappa shape index (κ3) is 3.51. The lowest BCUT2D eigenvalue weighted by Gasteiger charge is -2.43. The van der Waals surface area contributed by atoms with Gasteiger partial charge in [0.2, 0.25) is 0 Å². The molecule has 1 aliphatic carbocycles. The maximum atomic E-state index is 12.8. The van der Waals surface area contributed by atoms with Gasteiger partial charge in [-0.15, -0.1) is 0 Å². The maximum absolute atomic E-state index is 12.8. The van der Waals surface area contributed by atoms with E-state index in [0.29, 0.717) is 19.3 Å². The second-order valence-electron chi connectivity index (χ2n) is 7.92. The van der Waals surface area contributed by atoms with E-state index in [4.69, 9.17) is 9.47 Å². The van der Waals surface area contributed by atoms with E-state index in [1.165, 1.54) is 0 Å². The van der Waals surface area contributed by atoms with Gasteiger partial charge in [0.05, 0.1) is 5.41 Å². The van der Waals surface area contributed by atoms with E-state index >= 15 is 0 Å². The minimum Gasteiger partial charge on any atom is -0.423 e. The Morgan fingerprint density at radius 2 is 1.57 bits per heavy atom. The Hall–Kier alpha value is -1.58. The van der Waals surface area contributed by atoms with Crippen LogP contribution in [0.15, 0.2) is 24.3 Å². The summed E-state index contributed by atoms with van der Waals surface area (Å²) < 4.78 is 11.3. The topological polar surface area (TPSA) is 52.6 Å². The van der Waals surface area contributed by atoms with E-state index in [0.717, 1.165) is 0 Å². The summed E-state index contributed by atoms with van der Waals surface area (Å²) in [5.74, 6) is -0.437. The molecule has 0 spiro atoms. The van der Waals surface area contributed by atoms with Gasteiger partial charge in [0, 0.05) is 0 Å². The highest BCUT2D eigenvalue weighted by molar-refractivity contribution is 6.01. The van der Waals surface area contributed by atoms with E-state index in [9.17, 15) is 9.59 Å². The third-order valence-electron chi connectivity index (χ3n) is 4.54. The van der Waals surface area contributed by atoms with E-state index in [-0.39, 0.29) is 11.8 Å². The van der Waals surface area contributed by atoms with Gasteiger partial charge in [0.15, 0.2) is 5.41 Å². The van der Waals surface area contributed by atoms with Crippen LogP contribution in [-0.2, 0) is 19.1 Å². The lowest BCUT2D eigenvalue weighted by molar-refractivity contribution is -0.242. The molecule has 1 saturated heterocycles. The molecule has 0 amide bonds. The highest BCUT2D eigenvalue weighted by Crippen LogP contribution is 2.44. The fraction of sp³-hybridized carbons (Fsp3) is 0.684. The Morgan fingerprint density at radius 3 is 1.96 bits per heavy atom. The normalized spacial score (nSPS) is 27.4. The Bertz CT molecular complexity index is 499. The van der Waals surface area contributed by atoms with Crippen molar-refractivity contribution in [2.75, 3.05) is 0 Å². The largest absolute Gasteiger partial charge is 0.423 e. The van der Waals surface area contributed by atoms with Gasteiger partial charge in [0.1, 0.15) is 0 Å². The number of allylic oxidation sites excluding steroid dienone is 3. The summed E-state index contributed by atoms with van der Waals surface area (Å²) in [6.07, 6.45) is 8.52. The number of carbonyl (C=O) groups excluding carboxylic acids is 2. The van der Waals surface area contributed by atoms with Crippen molar-refractivity contribution in [2.24, 2.45) is 22.7 Å². The Balaban J connectivity index is 2.26. The summed E-state index contributed by atoms with van der Waals surface area (Å²) in [6, 6.07) is 0. The first-order valence-electron chi connectivity index (χ1n) is 8.46. The second-order valence-corrected chi connectivity index (χ2v) is 7.92. The van der Waals surface area contributed by atoms with Gasteiger partial charge in [-0.25, -0.2) is 0 Å². The van der Waals surface area contributed by atoms with Gasteiger partial charge >= 0.3 is 11.9 Å². The van der Waals surface area contributed by atoms with E-state index in [1.807, 2.05) is 58.9 Å².